The number of rotatable bonds is 3. The number of hydrogen-bond acceptors (Lipinski definition) is 2. The highest BCUT2D eigenvalue weighted by atomic mass is 35.5. The Morgan fingerprint density at radius 2 is 2.31 bits per heavy atom. The fourth-order valence-corrected chi connectivity index (χ4v) is 1.74. The van der Waals surface area contributed by atoms with E-state index in [1.807, 2.05) is 12.1 Å². The maximum absolute atomic E-state index is 11.1. The third-order valence-electron chi connectivity index (χ3n) is 2.60. The van der Waals surface area contributed by atoms with Crippen molar-refractivity contribution in [1.82, 2.24) is 0 Å². The molecule has 16 heavy (non-hydrogen) atoms. The molecule has 1 aromatic carbocycles. The Labute approximate surface area is 99.0 Å². The van der Waals surface area contributed by atoms with Crippen LogP contribution < -0.4 is 5.32 Å². The lowest BCUT2D eigenvalue weighted by molar-refractivity contribution is -0.113. The molecular weight excluding hydrogens is 224 g/mol. The summed E-state index contributed by atoms with van der Waals surface area (Å²) in [5.41, 5.74) is 2.37. The van der Waals surface area contributed by atoms with E-state index >= 15 is 0 Å². The summed E-state index contributed by atoms with van der Waals surface area (Å²) in [6, 6.07) is 7.61. The molecule has 0 radical (unpaired) electrons. The van der Waals surface area contributed by atoms with Crippen molar-refractivity contribution in [3.63, 3.8) is 0 Å². The van der Waals surface area contributed by atoms with Gasteiger partial charge in [-0.25, -0.2) is 0 Å². The number of amides is 1. The van der Waals surface area contributed by atoms with Crippen LogP contribution in [0.3, 0.4) is 0 Å². The SMILES string of the molecule is N#Cc1cc(NC(=O)CCl)ccc1C1CC1. The molecule has 3 nitrogen and oxygen atoms in total. The lowest BCUT2D eigenvalue weighted by Gasteiger charge is -2.06. The van der Waals surface area contributed by atoms with Gasteiger partial charge < -0.3 is 5.32 Å². The van der Waals surface area contributed by atoms with Crippen LogP contribution in [0.4, 0.5) is 5.69 Å². The number of carbonyl (C=O) groups is 1. The van der Waals surface area contributed by atoms with Crippen molar-refractivity contribution in [3.8, 4) is 6.07 Å². The van der Waals surface area contributed by atoms with Gasteiger partial charge in [0.05, 0.1) is 11.6 Å². The Bertz CT molecular complexity index is 461. The van der Waals surface area contributed by atoms with E-state index in [2.05, 4.69) is 11.4 Å². The lowest BCUT2D eigenvalue weighted by Crippen LogP contribution is -2.12. The number of anilines is 1. The first-order valence-electron chi connectivity index (χ1n) is 5.14. The van der Waals surface area contributed by atoms with Gasteiger partial charge in [0.15, 0.2) is 0 Å². The van der Waals surface area contributed by atoms with Gasteiger partial charge in [0.1, 0.15) is 5.88 Å². The molecular formula is C12H11ClN2O. The minimum Gasteiger partial charge on any atom is -0.325 e. The molecule has 1 aromatic rings. The van der Waals surface area contributed by atoms with Gasteiger partial charge in [0, 0.05) is 5.69 Å². The number of halogens is 1. The normalized spacial score (nSPS) is 14.2. The van der Waals surface area contributed by atoms with Crippen molar-refractivity contribution < 1.29 is 4.79 Å². The first-order chi connectivity index (χ1) is 7.74. The summed E-state index contributed by atoms with van der Waals surface area (Å²) in [4.78, 5) is 11.1. The topological polar surface area (TPSA) is 52.9 Å². The minimum atomic E-state index is -0.260. The van der Waals surface area contributed by atoms with E-state index in [0.717, 1.165) is 18.4 Å². The smallest absolute Gasteiger partial charge is 0.239 e. The Morgan fingerprint density at radius 3 is 2.88 bits per heavy atom. The molecule has 0 heterocycles. The predicted octanol–water partition coefficient (Wildman–Crippen LogP) is 2.61. The van der Waals surface area contributed by atoms with E-state index < -0.39 is 0 Å². The molecule has 0 spiro atoms. The molecule has 1 N–H and O–H groups in total. The number of benzene rings is 1. The van der Waals surface area contributed by atoms with Gasteiger partial charge in [-0.1, -0.05) is 6.07 Å². The number of alkyl halides is 1. The van der Waals surface area contributed by atoms with Crippen LogP contribution in [-0.4, -0.2) is 11.8 Å². The van der Waals surface area contributed by atoms with Crippen LogP contribution in [0.2, 0.25) is 0 Å². The van der Waals surface area contributed by atoms with Crippen molar-refractivity contribution in [2.24, 2.45) is 0 Å². The van der Waals surface area contributed by atoms with Crippen molar-refractivity contribution in [2.75, 3.05) is 11.2 Å². The van der Waals surface area contributed by atoms with E-state index in [1.54, 1.807) is 6.07 Å². The largest absolute Gasteiger partial charge is 0.325 e. The minimum absolute atomic E-state index is 0.0771. The molecule has 0 atom stereocenters. The first-order valence-corrected chi connectivity index (χ1v) is 5.68. The monoisotopic (exact) mass is 234 g/mol. The second kappa shape index (κ2) is 4.54. The summed E-state index contributed by atoms with van der Waals surface area (Å²) in [5, 5.41) is 11.7. The van der Waals surface area contributed by atoms with E-state index in [1.165, 1.54) is 0 Å². The van der Waals surface area contributed by atoms with Gasteiger partial charge in [0.2, 0.25) is 5.91 Å². The van der Waals surface area contributed by atoms with Gasteiger partial charge in [-0.2, -0.15) is 5.26 Å². The van der Waals surface area contributed by atoms with Crippen molar-refractivity contribution >= 4 is 23.2 Å². The Balaban J connectivity index is 2.23. The number of hydrogen-bond donors (Lipinski definition) is 1. The van der Waals surface area contributed by atoms with E-state index in [-0.39, 0.29) is 11.8 Å². The van der Waals surface area contributed by atoms with Gasteiger partial charge in [0.25, 0.3) is 0 Å². The van der Waals surface area contributed by atoms with Gasteiger partial charge in [-0.3, -0.25) is 4.79 Å². The van der Waals surface area contributed by atoms with E-state index in [0.29, 0.717) is 17.2 Å². The molecule has 82 valence electrons. The maximum atomic E-state index is 11.1. The van der Waals surface area contributed by atoms with Crippen LogP contribution in [0, 0.1) is 11.3 Å². The molecule has 1 amide bonds. The van der Waals surface area contributed by atoms with Crippen LogP contribution in [0.5, 0.6) is 0 Å². The molecule has 0 saturated heterocycles. The quantitative estimate of drug-likeness (QED) is 0.818. The zero-order valence-corrected chi connectivity index (χ0v) is 9.42. The Morgan fingerprint density at radius 1 is 1.56 bits per heavy atom. The number of nitrogens with zero attached hydrogens (tertiary/aromatic N) is 1. The molecule has 4 heteroatoms. The summed E-state index contributed by atoms with van der Waals surface area (Å²) in [7, 11) is 0. The lowest BCUT2D eigenvalue weighted by atomic mass is 10.0. The maximum Gasteiger partial charge on any atom is 0.239 e. The molecule has 1 aliphatic rings. The summed E-state index contributed by atoms with van der Waals surface area (Å²) in [6.45, 7) is 0. The van der Waals surface area contributed by atoms with Gasteiger partial charge >= 0.3 is 0 Å². The highest BCUT2D eigenvalue weighted by molar-refractivity contribution is 6.29. The second-order valence-electron chi connectivity index (χ2n) is 3.87. The third-order valence-corrected chi connectivity index (χ3v) is 2.84. The molecule has 0 aromatic heterocycles. The zero-order chi connectivity index (χ0) is 11.5. The Hall–Kier alpha value is -1.53. The van der Waals surface area contributed by atoms with E-state index in [4.69, 9.17) is 16.9 Å². The molecule has 2 rings (SSSR count). The second-order valence-corrected chi connectivity index (χ2v) is 4.14. The summed E-state index contributed by atoms with van der Waals surface area (Å²) >= 11 is 5.39. The van der Waals surface area contributed by atoms with E-state index in [9.17, 15) is 4.79 Å². The molecule has 1 saturated carbocycles. The van der Waals surface area contributed by atoms with Crippen LogP contribution in [0.25, 0.3) is 0 Å². The summed E-state index contributed by atoms with van der Waals surface area (Å²) < 4.78 is 0. The average molecular weight is 235 g/mol. The third kappa shape index (κ3) is 2.34. The molecule has 1 fully saturated rings. The van der Waals surface area contributed by atoms with Crippen LogP contribution in [0.1, 0.15) is 29.9 Å². The summed E-state index contributed by atoms with van der Waals surface area (Å²) in [6.07, 6.45) is 2.31. The molecule has 0 aliphatic heterocycles. The summed E-state index contributed by atoms with van der Waals surface area (Å²) in [5.74, 6) is 0.198. The Kier molecular flexibility index (Phi) is 3.12. The van der Waals surface area contributed by atoms with Crippen molar-refractivity contribution in [2.45, 2.75) is 18.8 Å². The zero-order valence-electron chi connectivity index (χ0n) is 8.66. The average Bonchev–Trinajstić information content (AvgIpc) is 3.12. The van der Waals surface area contributed by atoms with Crippen LogP contribution in [-0.2, 0) is 4.79 Å². The standard InChI is InChI=1S/C12H11ClN2O/c13-6-12(16)15-10-3-4-11(8-1-2-8)9(5-10)7-14/h3-5,8H,1-2,6H2,(H,15,16). The predicted molar refractivity (Wildman–Crippen MR) is 62.5 cm³/mol. The molecule has 0 unspecified atom stereocenters. The van der Waals surface area contributed by atoms with Crippen LogP contribution >= 0.6 is 11.6 Å². The fourth-order valence-electron chi connectivity index (χ4n) is 1.68. The van der Waals surface area contributed by atoms with Crippen molar-refractivity contribution in [3.05, 3.63) is 29.3 Å². The highest BCUT2D eigenvalue weighted by Gasteiger charge is 2.26. The first kappa shape index (κ1) is 11.0. The number of nitrogens with one attached hydrogen (secondary N) is 1. The van der Waals surface area contributed by atoms with Crippen LogP contribution in [0.15, 0.2) is 18.2 Å². The van der Waals surface area contributed by atoms with Crippen molar-refractivity contribution in [1.29, 1.82) is 5.26 Å². The fraction of sp³-hybridized carbons (Fsp3) is 0.333. The highest BCUT2D eigenvalue weighted by Crippen LogP contribution is 2.42. The number of nitriles is 1. The molecule has 0 bridgehead atoms. The van der Waals surface area contributed by atoms with Gasteiger partial charge in [-0.05, 0) is 36.5 Å². The van der Waals surface area contributed by atoms with Gasteiger partial charge in [-0.15, -0.1) is 11.6 Å². The molecule has 1 aliphatic carbocycles. The number of carbonyl (C=O) groups excluding carboxylic acids is 1.